The molecule has 6 heteroatoms. The highest BCUT2D eigenvalue weighted by Crippen LogP contribution is 2.28. The summed E-state index contributed by atoms with van der Waals surface area (Å²) < 4.78 is 24.1. The normalized spacial score (nSPS) is 12.4. The van der Waals surface area contributed by atoms with Crippen LogP contribution in [-0.2, 0) is 13.0 Å². The van der Waals surface area contributed by atoms with E-state index in [9.17, 15) is 9.50 Å². The molecule has 0 fully saturated rings. The second kappa shape index (κ2) is 11.8. The number of nitrogens with one attached hydrogen (secondary N) is 1. The molecule has 0 aliphatic heterocycles. The van der Waals surface area contributed by atoms with E-state index >= 15 is 0 Å². The number of benzene rings is 2. The van der Waals surface area contributed by atoms with Crippen molar-refractivity contribution in [2.45, 2.75) is 39.0 Å². The van der Waals surface area contributed by atoms with Gasteiger partial charge in [-0.15, -0.1) is 0 Å². The zero-order valence-corrected chi connectivity index (χ0v) is 17.8. The summed E-state index contributed by atoms with van der Waals surface area (Å²) in [5.41, 5.74) is 2.18. The number of likely N-dealkylation sites (N-methyl/N-ethyl adjacent to an activating group) is 1. The van der Waals surface area contributed by atoms with Crippen molar-refractivity contribution in [2.75, 3.05) is 33.9 Å². The van der Waals surface area contributed by atoms with Gasteiger partial charge in [0.1, 0.15) is 18.5 Å². The highest BCUT2D eigenvalue weighted by atomic mass is 19.1. The lowest BCUT2D eigenvalue weighted by atomic mass is 10.1. The predicted molar refractivity (Wildman–Crippen MR) is 114 cm³/mol. The SMILES string of the molecule is COc1cc(CNCCc2ccc(F)cc2)ccc1OCC(O)CN(C)C(C)C. The van der Waals surface area contributed by atoms with Crippen molar-refractivity contribution in [3.63, 3.8) is 0 Å². The number of aliphatic hydroxyl groups excluding tert-OH is 1. The topological polar surface area (TPSA) is 54.0 Å². The van der Waals surface area contributed by atoms with Gasteiger partial charge in [-0.05, 0) is 69.3 Å². The van der Waals surface area contributed by atoms with E-state index in [4.69, 9.17) is 9.47 Å². The number of hydrogen-bond acceptors (Lipinski definition) is 5. The number of ether oxygens (including phenoxy) is 2. The van der Waals surface area contributed by atoms with Crippen LogP contribution in [0.1, 0.15) is 25.0 Å². The summed E-state index contributed by atoms with van der Waals surface area (Å²) >= 11 is 0. The van der Waals surface area contributed by atoms with Crippen LogP contribution in [-0.4, -0.2) is 56.0 Å². The average molecular weight is 405 g/mol. The molecule has 1 atom stereocenters. The van der Waals surface area contributed by atoms with Crippen LogP contribution >= 0.6 is 0 Å². The van der Waals surface area contributed by atoms with E-state index < -0.39 is 6.10 Å². The van der Waals surface area contributed by atoms with E-state index in [1.54, 1.807) is 19.2 Å². The summed E-state index contributed by atoms with van der Waals surface area (Å²) in [5.74, 6) is 1.05. The highest BCUT2D eigenvalue weighted by molar-refractivity contribution is 5.43. The Balaban J connectivity index is 1.80. The maximum absolute atomic E-state index is 12.9. The van der Waals surface area contributed by atoms with Crippen molar-refractivity contribution in [1.29, 1.82) is 0 Å². The van der Waals surface area contributed by atoms with Crippen molar-refractivity contribution in [2.24, 2.45) is 0 Å². The maximum atomic E-state index is 12.9. The minimum atomic E-state index is -0.570. The van der Waals surface area contributed by atoms with Crippen molar-refractivity contribution < 1.29 is 19.0 Å². The number of hydrogen-bond donors (Lipinski definition) is 2. The Kier molecular flexibility index (Phi) is 9.38. The number of nitrogens with zero attached hydrogens (tertiary/aromatic N) is 1. The Hall–Kier alpha value is -2.15. The molecule has 0 radical (unpaired) electrons. The molecule has 0 saturated heterocycles. The van der Waals surface area contributed by atoms with Gasteiger partial charge in [-0.3, -0.25) is 0 Å². The fourth-order valence-electron chi connectivity index (χ4n) is 2.84. The molecule has 29 heavy (non-hydrogen) atoms. The maximum Gasteiger partial charge on any atom is 0.161 e. The van der Waals surface area contributed by atoms with Crippen molar-refractivity contribution in [1.82, 2.24) is 10.2 Å². The van der Waals surface area contributed by atoms with Crippen molar-refractivity contribution in [3.05, 3.63) is 59.4 Å². The minimum absolute atomic E-state index is 0.211. The highest BCUT2D eigenvalue weighted by Gasteiger charge is 2.13. The Bertz CT molecular complexity index is 737. The minimum Gasteiger partial charge on any atom is -0.493 e. The quantitative estimate of drug-likeness (QED) is 0.532. The van der Waals surface area contributed by atoms with Crippen LogP contribution in [0.15, 0.2) is 42.5 Å². The molecular formula is C23H33FN2O3. The third-order valence-electron chi connectivity index (χ3n) is 4.87. The molecule has 1 unspecified atom stereocenters. The Morgan fingerprint density at radius 1 is 1.07 bits per heavy atom. The van der Waals surface area contributed by atoms with Crippen LogP contribution in [0.2, 0.25) is 0 Å². The molecule has 0 saturated carbocycles. The molecule has 160 valence electrons. The lowest BCUT2D eigenvalue weighted by Gasteiger charge is -2.24. The first kappa shape index (κ1) is 23.1. The molecule has 2 rings (SSSR count). The van der Waals surface area contributed by atoms with Gasteiger partial charge >= 0.3 is 0 Å². The number of rotatable bonds is 12. The molecule has 5 nitrogen and oxygen atoms in total. The van der Waals surface area contributed by atoms with Gasteiger partial charge in [0.15, 0.2) is 11.5 Å². The molecule has 0 bridgehead atoms. The van der Waals surface area contributed by atoms with E-state index in [1.807, 2.05) is 25.2 Å². The first-order valence-corrected chi connectivity index (χ1v) is 10.0. The molecular weight excluding hydrogens is 371 g/mol. The predicted octanol–water partition coefficient (Wildman–Crippen LogP) is 3.25. The number of aliphatic hydroxyl groups is 1. The van der Waals surface area contributed by atoms with Gasteiger partial charge in [0, 0.05) is 19.1 Å². The second-order valence-corrected chi connectivity index (χ2v) is 7.54. The fourth-order valence-corrected chi connectivity index (χ4v) is 2.84. The van der Waals surface area contributed by atoms with E-state index in [2.05, 4.69) is 24.1 Å². The van der Waals surface area contributed by atoms with E-state index in [0.717, 1.165) is 24.1 Å². The number of methoxy groups -OCH3 is 1. The Morgan fingerprint density at radius 3 is 2.41 bits per heavy atom. The number of halogens is 1. The summed E-state index contributed by atoms with van der Waals surface area (Å²) in [6.45, 7) is 6.42. The fraction of sp³-hybridized carbons (Fsp3) is 0.478. The van der Waals surface area contributed by atoms with Crippen LogP contribution < -0.4 is 14.8 Å². The first-order valence-electron chi connectivity index (χ1n) is 10.0. The van der Waals surface area contributed by atoms with Gasteiger partial charge in [-0.25, -0.2) is 4.39 Å². The molecule has 0 aliphatic carbocycles. The molecule has 0 aliphatic rings. The summed E-state index contributed by atoms with van der Waals surface area (Å²) in [6, 6.07) is 12.7. The lowest BCUT2D eigenvalue weighted by Crippen LogP contribution is -2.36. The average Bonchev–Trinajstić information content (AvgIpc) is 2.71. The van der Waals surface area contributed by atoms with Crippen LogP contribution in [0.5, 0.6) is 11.5 Å². The van der Waals surface area contributed by atoms with E-state index in [0.29, 0.717) is 30.6 Å². The van der Waals surface area contributed by atoms with Gasteiger partial charge in [0.05, 0.1) is 7.11 Å². The Morgan fingerprint density at radius 2 is 1.76 bits per heavy atom. The molecule has 0 amide bonds. The third kappa shape index (κ3) is 8.01. The van der Waals surface area contributed by atoms with Crippen LogP contribution in [0, 0.1) is 5.82 Å². The van der Waals surface area contributed by atoms with E-state index in [-0.39, 0.29) is 12.4 Å². The largest absolute Gasteiger partial charge is 0.493 e. The van der Waals surface area contributed by atoms with Crippen LogP contribution in [0.4, 0.5) is 4.39 Å². The van der Waals surface area contributed by atoms with Gasteiger partial charge in [0.2, 0.25) is 0 Å². The van der Waals surface area contributed by atoms with Gasteiger partial charge < -0.3 is 24.8 Å². The smallest absolute Gasteiger partial charge is 0.161 e. The molecule has 2 aromatic rings. The summed E-state index contributed by atoms with van der Waals surface area (Å²) in [4.78, 5) is 2.08. The Labute approximate surface area is 173 Å². The van der Waals surface area contributed by atoms with Crippen LogP contribution in [0.3, 0.4) is 0 Å². The molecule has 2 N–H and O–H groups in total. The van der Waals surface area contributed by atoms with Crippen molar-refractivity contribution in [3.8, 4) is 11.5 Å². The molecule has 0 aromatic heterocycles. The summed E-state index contributed by atoms with van der Waals surface area (Å²) in [7, 11) is 3.59. The third-order valence-corrected chi connectivity index (χ3v) is 4.87. The monoisotopic (exact) mass is 404 g/mol. The van der Waals surface area contributed by atoms with Crippen LogP contribution in [0.25, 0.3) is 0 Å². The van der Waals surface area contributed by atoms with Crippen molar-refractivity contribution >= 4 is 0 Å². The van der Waals surface area contributed by atoms with Gasteiger partial charge in [-0.1, -0.05) is 18.2 Å². The van der Waals surface area contributed by atoms with E-state index in [1.165, 1.54) is 12.1 Å². The second-order valence-electron chi connectivity index (χ2n) is 7.54. The van der Waals surface area contributed by atoms with Gasteiger partial charge in [0.25, 0.3) is 0 Å². The molecule has 0 heterocycles. The van der Waals surface area contributed by atoms with Gasteiger partial charge in [-0.2, -0.15) is 0 Å². The lowest BCUT2D eigenvalue weighted by molar-refractivity contribution is 0.0668. The first-order chi connectivity index (χ1) is 13.9. The standard InChI is InChI=1S/C23H33FN2O3/c1-17(2)26(3)15-21(27)16-29-22-10-7-19(13-23(22)28-4)14-25-12-11-18-5-8-20(24)9-6-18/h5-10,13,17,21,25,27H,11-12,14-16H2,1-4H3. The zero-order valence-electron chi connectivity index (χ0n) is 17.8. The summed E-state index contributed by atoms with van der Waals surface area (Å²) in [5, 5.41) is 13.5. The zero-order chi connectivity index (χ0) is 21.2. The molecule has 0 spiro atoms. The summed E-state index contributed by atoms with van der Waals surface area (Å²) in [6.07, 6.45) is 0.265. The molecule has 2 aromatic carbocycles.